The lowest BCUT2D eigenvalue weighted by atomic mass is 10.0. The van der Waals surface area contributed by atoms with Crippen molar-refractivity contribution in [2.75, 3.05) is 10.6 Å². The van der Waals surface area contributed by atoms with E-state index < -0.39 is 24.2 Å². The lowest BCUT2D eigenvalue weighted by Crippen LogP contribution is -2.36. The number of phenolic OH excluding ortho intramolecular Hbond substituents is 1. The third-order valence-electron chi connectivity index (χ3n) is 4.47. The topological polar surface area (TPSA) is 92.3 Å². The highest BCUT2D eigenvalue weighted by atomic mass is 19.4. The molecule has 0 spiro atoms. The van der Waals surface area contributed by atoms with Gasteiger partial charge in [-0.3, -0.25) is 4.79 Å². The number of amides is 1. The zero-order valence-electron chi connectivity index (χ0n) is 14.3. The fraction of sp³-hybridized carbons (Fsp3) is 0.222. The van der Waals surface area contributed by atoms with Crippen LogP contribution >= 0.6 is 0 Å². The van der Waals surface area contributed by atoms with E-state index in [1.165, 1.54) is 24.5 Å². The van der Waals surface area contributed by atoms with Crippen LogP contribution in [0.4, 0.5) is 24.7 Å². The maximum absolute atomic E-state index is 13.6. The quantitative estimate of drug-likeness (QED) is 0.624. The van der Waals surface area contributed by atoms with Gasteiger partial charge in [0.25, 0.3) is 5.91 Å². The number of fused-ring (bicyclic) bond motifs is 1. The van der Waals surface area contributed by atoms with Gasteiger partial charge in [-0.1, -0.05) is 6.07 Å². The van der Waals surface area contributed by atoms with Crippen LogP contribution in [0.3, 0.4) is 0 Å². The van der Waals surface area contributed by atoms with Gasteiger partial charge in [-0.2, -0.15) is 18.3 Å². The molecule has 0 radical (unpaired) electrons. The van der Waals surface area contributed by atoms with Gasteiger partial charge in [-0.25, -0.2) is 4.68 Å². The molecule has 1 aromatic carbocycles. The zero-order valence-corrected chi connectivity index (χ0v) is 14.3. The number of aromatic nitrogens is 2. The number of carbonyl (C=O) groups excluding carboxylic acids is 1. The summed E-state index contributed by atoms with van der Waals surface area (Å²) in [6, 6.07) is 6.32. The van der Waals surface area contributed by atoms with Crippen LogP contribution in [-0.2, 0) is 0 Å². The molecule has 0 aliphatic carbocycles. The summed E-state index contributed by atoms with van der Waals surface area (Å²) in [5.74, 6) is -0.419. The van der Waals surface area contributed by atoms with E-state index in [9.17, 15) is 23.1 Å². The molecule has 0 fully saturated rings. The molecular weight excluding hydrogens is 377 g/mol. The van der Waals surface area contributed by atoms with Crippen molar-refractivity contribution in [1.29, 1.82) is 0 Å². The van der Waals surface area contributed by atoms with Gasteiger partial charge in [0.1, 0.15) is 22.9 Å². The van der Waals surface area contributed by atoms with Gasteiger partial charge >= 0.3 is 6.18 Å². The molecule has 1 amide bonds. The summed E-state index contributed by atoms with van der Waals surface area (Å²) >= 11 is 0. The number of rotatable bonds is 3. The Bertz CT molecular complexity index is 998. The molecule has 0 saturated carbocycles. The largest absolute Gasteiger partial charge is 0.508 e. The summed E-state index contributed by atoms with van der Waals surface area (Å²) in [5, 5.41) is 18.8. The molecule has 1 aliphatic heterocycles. The highest BCUT2D eigenvalue weighted by Crippen LogP contribution is 2.44. The minimum atomic E-state index is -4.55. The summed E-state index contributed by atoms with van der Waals surface area (Å²) < 4.78 is 46.8. The van der Waals surface area contributed by atoms with Crippen LogP contribution in [0, 0.1) is 0 Å². The summed E-state index contributed by atoms with van der Waals surface area (Å²) in [5.41, 5.74) is 0.254. The molecule has 2 atom stereocenters. The summed E-state index contributed by atoms with van der Waals surface area (Å²) in [4.78, 5) is 12.6. The number of halogens is 3. The number of alkyl halides is 3. The molecule has 0 saturated heterocycles. The Balaban J connectivity index is 1.68. The second kappa shape index (κ2) is 6.63. The number of hydrogen-bond donors (Lipinski definition) is 3. The molecule has 10 heteroatoms. The normalized spacial score (nSPS) is 19.0. The van der Waals surface area contributed by atoms with Crippen molar-refractivity contribution in [2.45, 2.75) is 24.7 Å². The van der Waals surface area contributed by atoms with Gasteiger partial charge in [-0.05, 0) is 24.3 Å². The maximum Gasteiger partial charge on any atom is 0.410 e. The highest BCUT2D eigenvalue weighted by Gasteiger charge is 2.47. The van der Waals surface area contributed by atoms with Crippen molar-refractivity contribution in [3.63, 3.8) is 0 Å². The highest BCUT2D eigenvalue weighted by molar-refractivity contribution is 6.07. The van der Waals surface area contributed by atoms with Gasteiger partial charge in [0.15, 0.2) is 6.04 Å². The number of aromatic hydroxyl groups is 1. The van der Waals surface area contributed by atoms with Gasteiger partial charge in [-0.15, -0.1) is 0 Å². The smallest absolute Gasteiger partial charge is 0.410 e. The number of carbonyl (C=O) groups is 1. The molecule has 0 unspecified atom stereocenters. The fourth-order valence-electron chi connectivity index (χ4n) is 3.19. The average Bonchev–Trinajstić information content (AvgIpc) is 3.29. The summed E-state index contributed by atoms with van der Waals surface area (Å²) in [7, 11) is 0. The summed E-state index contributed by atoms with van der Waals surface area (Å²) in [6.07, 6.45) is -2.41. The van der Waals surface area contributed by atoms with Gasteiger partial charge < -0.3 is 20.2 Å². The van der Waals surface area contributed by atoms with E-state index in [0.29, 0.717) is 11.4 Å². The van der Waals surface area contributed by atoms with Gasteiger partial charge in [0.2, 0.25) is 0 Å². The number of nitrogens with one attached hydrogen (secondary N) is 2. The van der Waals surface area contributed by atoms with Crippen molar-refractivity contribution < 1.29 is 27.5 Å². The molecule has 3 N–H and O–H groups in total. The van der Waals surface area contributed by atoms with Crippen LogP contribution in [0.5, 0.6) is 5.75 Å². The van der Waals surface area contributed by atoms with E-state index >= 15 is 0 Å². The molecule has 2 aromatic heterocycles. The van der Waals surface area contributed by atoms with Gasteiger partial charge in [0, 0.05) is 18.2 Å². The minimum absolute atomic E-state index is 0.0474. The predicted octanol–water partition coefficient (Wildman–Crippen LogP) is 4.09. The van der Waals surface area contributed by atoms with E-state index in [1.807, 2.05) is 0 Å². The first kappa shape index (κ1) is 18.0. The maximum atomic E-state index is 13.6. The first-order valence-corrected chi connectivity index (χ1v) is 8.37. The van der Waals surface area contributed by atoms with Crippen LogP contribution in [-0.4, -0.2) is 27.0 Å². The molecule has 4 rings (SSSR count). The average molecular weight is 392 g/mol. The fourth-order valence-corrected chi connectivity index (χ4v) is 3.19. The zero-order chi connectivity index (χ0) is 19.9. The van der Waals surface area contributed by atoms with Crippen molar-refractivity contribution in [1.82, 2.24) is 9.78 Å². The number of furan rings is 1. The van der Waals surface area contributed by atoms with E-state index in [0.717, 1.165) is 10.9 Å². The van der Waals surface area contributed by atoms with Gasteiger partial charge in [0.05, 0.1) is 18.5 Å². The lowest BCUT2D eigenvalue weighted by Gasteiger charge is -2.32. The monoisotopic (exact) mass is 392 g/mol. The number of phenols is 1. The van der Waals surface area contributed by atoms with E-state index in [2.05, 4.69) is 15.7 Å². The van der Waals surface area contributed by atoms with Crippen molar-refractivity contribution in [2.24, 2.45) is 0 Å². The van der Waals surface area contributed by atoms with Crippen LogP contribution < -0.4 is 10.6 Å². The van der Waals surface area contributed by atoms with E-state index in [1.54, 1.807) is 18.2 Å². The number of anilines is 2. The summed E-state index contributed by atoms with van der Waals surface area (Å²) in [6.45, 7) is 0. The standard InChI is InChI=1S/C18H15F3N4O3/c19-18(20,21)15-8-13(14-5-2-6-28-14)24-16-12(9-22-25(15)16)17(27)23-10-3-1-4-11(26)7-10/h1-7,9,13,15,24,26H,8H2,(H,23,27)/t13-,15+/m1/s1. The molecule has 7 nitrogen and oxygen atoms in total. The second-order valence-corrected chi connectivity index (χ2v) is 6.36. The minimum Gasteiger partial charge on any atom is -0.508 e. The van der Waals surface area contributed by atoms with Crippen LogP contribution in [0.1, 0.15) is 34.6 Å². The molecule has 1 aliphatic rings. The molecular formula is C18H15F3N4O3. The molecule has 0 bridgehead atoms. The molecule has 3 aromatic rings. The third-order valence-corrected chi connectivity index (χ3v) is 4.47. The molecule has 3 heterocycles. The number of hydrogen-bond acceptors (Lipinski definition) is 5. The first-order chi connectivity index (χ1) is 13.3. The third kappa shape index (κ3) is 3.28. The Hall–Kier alpha value is -3.43. The lowest BCUT2D eigenvalue weighted by molar-refractivity contribution is -0.174. The molecule has 28 heavy (non-hydrogen) atoms. The Morgan fingerprint density at radius 1 is 1.32 bits per heavy atom. The van der Waals surface area contributed by atoms with E-state index in [-0.39, 0.29) is 23.6 Å². The predicted molar refractivity (Wildman–Crippen MR) is 93.1 cm³/mol. The Labute approximate surface area is 156 Å². The van der Waals surface area contributed by atoms with E-state index in [4.69, 9.17) is 4.42 Å². The van der Waals surface area contributed by atoms with Crippen LogP contribution in [0.15, 0.2) is 53.3 Å². The molecule has 146 valence electrons. The Morgan fingerprint density at radius 3 is 2.82 bits per heavy atom. The number of benzene rings is 1. The Morgan fingerprint density at radius 2 is 2.14 bits per heavy atom. The Kier molecular flexibility index (Phi) is 4.25. The van der Waals surface area contributed by atoms with Crippen molar-refractivity contribution in [3.8, 4) is 5.75 Å². The number of nitrogens with zero attached hydrogens (tertiary/aromatic N) is 2. The van der Waals surface area contributed by atoms with Crippen LogP contribution in [0.25, 0.3) is 0 Å². The second-order valence-electron chi connectivity index (χ2n) is 6.36. The first-order valence-electron chi connectivity index (χ1n) is 8.37. The SMILES string of the molecule is O=C(Nc1cccc(O)c1)c1cnn2c1N[C@@H](c1ccco1)C[C@H]2C(F)(F)F. The van der Waals surface area contributed by atoms with Crippen LogP contribution in [0.2, 0.25) is 0 Å². The van der Waals surface area contributed by atoms with Crippen molar-refractivity contribution >= 4 is 17.4 Å². The van der Waals surface area contributed by atoms with Crippen molar-refractivity contribution in [3.05, 3.63) is 60.2 Å².